The number of nitrogens with one attached hydrogen (secondary N) is 1. The Labute approximate surface area is 200 Å². The fourth-order valence-electron chi connectivity index (χ4n) is 2.94. The van der Waals surface area contributed by atoms with Gasteiger partial charge in [-0.2, -0.15) is 0 Å². The Bertz CT molecular complexity index is 1060. The number of thioether (sulfide) groups is 1. The normalized spacial score (nSPS) is 17.4. The molecule has 10 heteroatoms. The SMILES string of the molecule is CCOC(=O)c1ccc(NC(=O)C2CC(=O)N(CC)C(=Nc3ccc(Cl)c(Cl)c3)S2)cc1. The Balaban J connectivity index is 1.75. The fourth-order valence-corrected chi connectivity index (χ4v) is 4.40. The van der Waals surface area contributed by atoms with Crippen LogP contribution in [0.15, 0.2) is 47.5 Å². The number of aliphatic imine (C=N–C) groups is 1. The molecular weight excluding hydrogens is 473 g/mol. The van der Waals surface area contributed by atoms with Crippen LogP contribution in [0.5, 0.6) is 0 Å². The number of esters is 1. The number of hydrogen-bond acceptors (Lipinski definition) is 6. The van der Waals surface area contributed by atoms with E-state index in [-0.39, 0.29) is 24.8 Å². The van der Waals surface area contributed by atoms with Gasteiger partial charge in [0.1, 0.15) is 5.25 Å². The number of carbonyl (C=O) groups excluding carboxylic acids is 3. The highest BCUT2D eigenvalue weighted by Crippen LogP contribution is 2.32. The maximum Gasteiger partial charge on any atom is 0.338 e. The third-order valence-corrected chi connectivity index (χ3v) is 6.47. The molecule has 1 unspecified atom stereocenters. The summed E-state index contributed by atoms with van der Waals surface area (Å²) in [4.78, 5) is 43.3. The number of nitrogens with zero attached hydrogens (tertiary/aromatic N) is 2. The molecular formula is C22H21Cl2N3O4S. The number of hydrogen-bond donors (Lipinski definition) is 1. The summed E-state index contributed by atoms with van der Waals surface area (Å²) in [5.74, 6) is -0.950. The van der Waals surface area contributed by atoms with Crippen molar-refractivity contribution in [2.45, 2.75) is 25.5 Å². The van der Waals surface area contributed by atoms with Crippen LogP contribution >= 0.6 is 35.0 Å². The molecule has 1 saturated heterocycles. The Morgan fingerprint density at radius 1 is 1.16 bits per heavy atom. The summed E-state index contributed by atoms with van der Waals surface area (Å²) in [6.45, 7) is 4.28. The van der Waals surface area contributed by atoms with Crippen LogP contribution in [0.4, 0.5) is 11.4 Å². The number of amidine groups is 1. The number of anilines is 1. The molecule has 0 aromatic heterocycles. The second kappa shape index (κ2) is 10.8. The monoisotopic (exact) mass is 493 g/mol. The smallest absolute Gasteiger partial charge is 0.338 e. The molecule has 0 bridgehead atoms. The van der Waals surface area contributed by atoms with Gasteiger partial charge in [0.2, 0.25) is 11.8 Å². The highest BCUT2D eigenvalue weighted by atomic mass is 35.5. The quantitative estimate of drug-likeness (QED) is 0.562. The summed E-state index contributed by atoms with van der Waals surface area (Å²) < 4.78 is 4.95. The average Bonchev–Trinajstić information content (AvgIpc) is 2.76. The predicted octanol–water partition coefficient (Wildman–Crippen LogP) is 5.15. The fraction of sp³-hybridized carbons (Fsp3) is 0.273. The predicted molar refractivity (Wildman–Crippen MR) is 128 cm³/mol. The molecule has 2 amide bonds. The first-order valence-electron chi connectivity index (χ1n) is 9.91. The summed E-state index contributed by atoms with van der Waals surface area (Å²) in [6.07, 6.45) is 0.0473. The van der Waals surface area contributed by atoms with Crippen LogP contribution in [0.3, 0.4) is 0 Å². The number of rotatable bonds is 6. The summed E-state index contributed by atoms with van der Waals surface area (Å²) in [6, 6.07) is 11.3. The van der Waals surface area contributed by atoms with Gasteiger partial charge in [-0.3, -0.25) is 14.5 Å². The zero-order valence-corrected chi connectivity index (χ0v) is 19.8. The van der Waals surface area contributed by atoms with Crippen molar-refractivity contribution >= 4 is 69.3 Å². The summed E-state index contributed by atoms with van der Waals surface area (Å²) in [5.41, 5.74) is 1.43. The third kappa shape index (κ3) is 5.82. The maximum absolute atomic E-state index is 12.8. The molecule has 2 aromatic rings. The molecule has 0 aliphatic carbocycles. The average molecular weight is 494 g/mol. The molecule has 1 fully saturated rings. The Morgan fingerprint density at radius 3 is 2.50 bits per heavy atom. The molecule has 7 nitrogen and oxygen atoms in total. The van der Waals surface area contributed by atoms with E-state index in [4.69, 9.17) is 27.9 Å². The van der Waals surface area contributed by atoms with Crippen LogP contribution in [-0.4, -0.2) is 46.3 Å². The molecule has 0 saturated carbocycles. The standard InChI is InChI=1S/C22H21Cl2N3O4S/c1-3-27-19(28)12-18(32-22(27)26-15-9-10-16(23)17(24)11-15)20(29)25-14-7-5-13(6-8-14)21(30)31-4-2/h5-11,18H,3-4,12H2,1-2H3,(H,25,29). The molecule has 1 aliphatic heterocycles. The molecule has 32 heavy (non-hydrogen) atoms. The van der Waals surface area contributed by atoms with Gasteiger partial charge < -0.3 is 10.1 Å². The molecule has 1 heterocycles. The molecule has 1 atom stereocenters. The molecule has 1 N–H and O–H groups in total. The third-order valence-electron chi connectivity index (χ3n) is 4.54. The van der Waals surface area contributed by atoms with E-state index < -0.39 is 11.2 Å². The lowest BCUT2D eigenvalue weighted by Crippen LogP contribution is -2.45. The molecule has 0 spiro atoms. The van der Waals surface area contributed by atoms with Gasteiger partial charge in [0.05, 0.1) is 27.9 Å². The van der Waals surface area contributed by atoms with Gasteiger partial charge in [0, 0.05) is 18.7 Å². The number of carbonyl (C=O) groups is 3. The molecule has 0 radical (unpaired) electrons. The van der Waals surface area contributed by atoms with Crippen LogP contribution in [-0.2, 0) is 14.3 Å². The van der Waals surface area contributed by atoms with Crippen molar-refractivity contribution in [3.63, 3.8) is 0 Å². The zero-order chi connectivity index (χ0) is 23.3. The second-order valence-electron chi connectivity index (χ2n) is 6.73. The minimum atomic E-state index is -0.656. The first kappa shape index (κ1) is 24.1. The summed E-state index contributed by atoms with van der Waals surface area (Å²) >= 11 is 13.2. The largest absolute Gasteiger partial charge is 0.462 e. The Morgan fingerprint density at radius 2 is 1.88 bits per heavy atom. The van der Waals surface area contributed by atoms with Crippen molar-refractivity contribution in [1.29, 1.82) is 0 Å². The number of amides is 2. The lowest BCUT2D eigenvalue weighted by molar-refractivity contribution is -0.129. The highest BCUT2D eigenvalue weighted by molar-refractivity contribution is 8.15. The van der Waals surface area contributed by atoms with Gasteiger partial charge in [0.25, 0.3) is 0 Å². The minimum Gasteiger partial charge on any atom is -0.462 e. The molecule has 168 valence electrons. The van der Waals surface area contributed by atoms with Gasteiger partial charge in [-0.15, -0.1) is 0 Å². The first-order chi connectivity index (χ1) is 15.3. The summed E-state index contributed by atoms with van der Waals surface area (Å²) in [5, 5.41) is 3.30. The highest BCUT2D eigenvalue weighted by Gasteiger charge is 2.35. The van der Waals surface area contributed by atoms with E-state index in [0.717, 1.165) is 0 Å². The zero-order valence-electron chi connectivity index (χ0n) is 17.4. The van der Waals surface area contributed by atoms with Gasteiger partial charge in [-0.1, -0.05) is 35.0 Å². The second-order valence-corrected chi connectivity index (χ2v) is 8.71. The van der Waals surface area contributed by atoms with E-state index in [1.165, 1.54) is 16.7 Å². The van der Waals surface area contributed by atoms with E-state index in [2.05, 4.69) is 10.3 Å². The van der Waals surface area contributed by atoms with Crippen molar-refractivity contribution in [3.05, 3.63) is 58.1 Å². The number of halogens is 2. The van der Waals surface area contributed by atoms with Crippen LogP contribution in [0.1, 0.15) is 30.6 Å². The number of ether oxygens (including phenoxy) is 1. The number of benzene rings is 2. The van der Waals surface area contributed by atoms with Crippen LogP contribution in [0.25, 0.3) is 0 Å². The van der Waals surface area contributed by atoms with Crippen molar-refractivity contribution < 1.29 is 19.1 Å². The first-order valence-corrected chi connectivity index (χ1v) is 11.5. The molecule has 1 aliphatic rings. The Kier molecular flexibility index (Phi) is 8.17. The van der Waals surface area contributed by atoms with E-state index in [1.807, 2.05) is 6.92 Å². The Hall–Kier alpha value is -2.55. The maximum atomic E-state index is 12.8. The van der Waals surface area contributed by atoms with Crippen molar-refractivity contribution in [1.82, 2.24) is 4.90 Å². The van der Waals surface area contributed by atoms with Gasteiger partial charge in [0.15, 0.2) is 5.17 Å². The summed E-state index contributed by atoms with van der Waals surface area (Å²) in [7, 11) is 0. The topological polar surface area (TPSA) is 88.1 Å². The lowest BCUT2D eigenvalue weighted by atomic mass is 10.2. The van der Waals surface area contributed by atoms with Gasteiger partial charge in [-0.25, -0.2) is 9.79 Å². The molecule has 2 aromatic carbocycles. The van der Waals surface area contributed by atoms with Gasteiger partial charge in [-0.05, 0) is 56.3 Å². The van der Waals surface area contributed by atoms with Gasteiger partial charge >= 0.3 is 5.97 Å². The van der Waals surface area contributed by atoms with E-state index >= 15 is 0 Å². The lowest BCUT2D eigenvalue weighted by Gasteiger charge is -2.30. The van der Waals surface area contributed by atoms with E-state index in [0.29, 0.717) is 38.7 Å². The van der Waals surface area contributed by atoms with E-state index in [1.54, 1.807) is 49.4 Å². The van der Waals surface area contributed by atoms with Crippen LogP contribution in [0, 0.1) is 0 Å². The molecule has 3 rings (SSSR count). The van der Waals surface area contributed by atoms with Crippen LogP contribution < -0.4 is 5.32 Å². The van der Waals surface area contributed by atoms with Crippen molar-refractivity contribution in [2.24, 2.45) is 4.99 Å². The van der Waals surface area contributed by atoms with Crippen molar-refractivity contribution in [2.75, 3.05) is 18.5 Å². The van der Waals surface area contributed by atoms with E-state index in [9.17, 15) is 14.4 Å². The van der Waals surface area contributed by atoms with Crippen LogP contribution in [0.2, 0.25) is 10.0 Å². The van der Waals surface area contributed by atoms with Crippen molar-refractivity contribution in [3.8, 4) is 0 Å². The minimum absolute atomic E-state index is 0.0473.